The van der Waals surface area contributed by atoms with E-state index >= 15 is 0 Å². The van der Waals surface area contributed by atoms with Crippen LogP contribution in [0.1, 0.15) is 24.6 Å². The molecule has 2 fully saturated rings. The second-order valence-corrected chi connectivity index (χ2v) is 6.66. The van der Waals surface area contributed by atoms with Gasteiger partial charge in [0.1, 0.15) is 6.61 Å². The molecule has 24 heavy (non-hydrogen) atoms. The van der Waals surface area contributed by atoms with Gasteiger partial charge in [-0.2, -0.15) is 0 Å². The van der Waals surface area contributed by atoms with Crippen LogP contribution in [0.4, 0.5) is 5.69 Å². The van der Waals surface area contributed by atoms with Crippen molar-refractivity contribution in [1.82, 2.24) is 10.3 Å². The molecule has 2 saturated heterocycles. The molecule has 0 radical (unpaired) electrons. The Bertz CT molecular complexity index is 790. The molecule has 2 atom stereocenters. The van der Waals surface area contributed by atoms with E-state index in [2.05, 4.69) is 42.3 Å². The van der Waals surface area contributed by atoms with Crippen LogP contribution < -0.4 is 10.2 Å². The van der Waals surface area contributed by atoms with E-state index in [1.807, 2.05) is 6.07 Å². The number of ether oxygens (including phenoxy) is 1. The van der Waals surface area contributed by atoms with Gasteiger partial charge in [0.15, 0.2) is 0 Å². The zero-order chi connectivity index (χ0) is 16.7. The van der Waals surface area contributed by atoms with Crippen molar-refractivity contribution in [2.75, 3.05) is 24.6 Å². The van der Waals surface area contributed by atoms with E-state index in [4.69, 9.17) is 9.72 Å². The molecule has 2 aromatic rings. The molecule has 0 spiro atoms. The van der Waals surface area contributed by atoms with Gasteiger partial charge < -0.3 is 15.0 Å². The van der Waals surface area contributed by atoms with Gasteiger partial charge in [-0.15, -0.1) is 0 Å². The lowest BCUT2D eigenvalue weighted by atomic mass is 9.97. The van der Waals surface area contributed by atoms with E-state index in [1.54, 1.807) is 0 Å². The minimum atomic E-state index is -0.0105. The first-order valence-corrected chi connectivity index (χ1v) is 8.71. The van der Waals surface area contributed by atoms with Gasteiger partial charge >= 0.3 is 0 Å². The van der Waals surface area contributed by atoms with E-state index in [1.165, 1.54) is 16.6 Å². The fourth-order valence-corrected chi connectivity index (χ4v) is 3.99. The van der Waals surface area contributed by atoms with Gasteiger partial charge in [-0.1, -0.05) is 25.1 Å². The summed E-state index contributed by atoms with van der Waals surface area (Å²) in [6.45, 7) is 6.23. The third-order valence-corrected chi connectivity index (χ3v) is 5.18. The summed E-state index contributed by atoms with van der Waals surface area (Å²) in [5, 5.41) is 4.28. The number of nitrogens with zero attached hydrogens (tertiary/aromatic N) is 2. The van der Waals surface area contributed by atoms with Crippen LogP contribution >= 0.6 is 0 Å². The van der Waals surface area contributed by atoms with E-state index in [0.717, 1.165) is 37.1 Å². The van der Waals surface area contributed by atoms with Crippen molar-refractivity contribution in [2.24, 2.45) is 0 Å². The Morgan fingerprint density at radius 2 is 2.21 bits per heavy atom. The number of amides is 1. The van der Waals surface area contributed by atoms with Crippen molar-refractivity contribution < 1.29 is 9.53 Å². The minimum absolute atomic E-state index is 0.0105. The summed E-state index contributed by atoms with van der Waals surface area (Å²) in [6.07, 6.45) is 1.99. The molecule has 0 unspecified atom stereocenters. The molecule has 1 aromatic heterocycles. The molecular formula is C19H23N3O2. The topological polar surface area (TPSA) is 54.5 Å². The van der Waals surface area contributed by atoms with Gasteiger partial charge in [-0.05, 0) is 31.4 Å². The number of para-hydroxylation sites is 1. The number of piperidine rings is 1. The molecule has 0 saturated carbocycles. The smallest absolute Gasteiger partial charge is 0.246 e. The molecule has 126 valence electrons. The number of hydrogen-bond acceptors (Lipinski definition) is 4. The van der Waals surface area contributed by atoms with E-state index < -0.39 is 0 Å². The van der Waals surface area contributed by atoms with Gasteiger partial charge in [0, 0.05) is 24.2 Å². The Morgan fingerprint density at radius 3 is 3.04 bits per heavy atom. The predicted octanol–water partition coefficient (Wildman–Crippen LogP) is 2.20. The third kappa shape index (κ3) is 2.53. The first kappa shape index (κ1) is 15.4. The van der Waals surface area contributed by atoms with E-state index in [9.17, 15) is 4.79 Å². The zero-order valence-electron chi connectivity index (χ0n) is 14.2. The number of aryl methyl sites for hydroxylation is 1. The Hall–Kier alpha value is -2.14. The van der Waals surface area contributed by atoms with Crippen molar-refractivity contribution in [3.8, 4) is 0 Å². The lowest BCUT2D eigenvalue weighted by Crippen LogP contribution is -2.60. The average molecular weight is 325 g/mol. The monoisotopic (exact) mass is 325 g/mol. The Morgan fingerprint density at radius 1 is 1.38 bits per heavy atom. The van der Waals surface area contributed by atoms with Crippen molar-refractivity contribution in [3.05, 3.63) is 35.5 Å². The number of morpholine rings is 1. The molecule has 5 heteroatoms. The summed E-state index contributed by atoms with van der Waals surface area (Å²) >= 11 is 0. The SMILES string of the molecule is CCc1nc2ccccc2c(N2CC[C@H]3OCC(=O)N[C@@H]3C2)c1C. The maximum Gasteiger partial charge on any atom is 0.246 e. The molecule has 2 aliphatic heterocycles. The fraction of sp³-hybridized carbons (Fsp3) is 0.474. The number of fused-ring (bicyclic) bond motifs is 2. The maximum atomic E-state index is 11.7. The molecule has 1 N–H and O–H groups in total. The number of benzene rings is 1. The molecule has 1 amide bonds. The largest absolute Gasteiger partial charge is 0.368 e. The fourth-order valence-electron chi connectivity index (χ4n) is 3.99. The molecule has 2 aliphatic rings. The number of anilines is 1. The highest BCUT2D eigenvalue weighted by Crippen LogP contribution is 2.34. The Labute approximate surface area is 142 Å². The van der Waals surface area contributed by atoms with Crippen molar-refractivity contribution in [3.63, 3.8) is 0 Å². The van der Waals surface area contributed by atoms with Crippen LogP contribution in [0, 0.1) is 6.92 Å². The van der Waals surface area contributed by atoms with E-state index in [0.29, 0.717) is 0 Å². The highest BCUT2D eigenvalue weighted by Gasteiger charge is 2.35. The van der Waals surface area contributed by atoms with Gasteiger partial charge in [0.25, 0.3) is 0 Å². The summed E-state index contributed by atoms with van der Waals surface area (Å²) in [7, 11) is 0. The minimum Gasteiger partial charge on any atom is -0.368 e. The Balaban J connectivity index is 1.75. The van der Waals surface area contributed by atoms with Gasteiger partial charge in [-0.25, -0.2) is 0 Å². The number of nitrogens with one attached hydrogen (secondary N) is 1. The number of pyridine rings is 1. The molecule has 4 rings (SSSR count). The number of carbonyl (C=O) groups is 1. The molecule has 1 aromatic carbocycles. The zero-order valence-corrected chi connectivity index (χ0v) is 14.2. The van der Waals surface area contributed by atoms with Gasteiger partial charge in [0.05, 0.1) is 23.3 Å². The molecular weight excluding hydrogens is 302 g/mol. The second-order valence-electron chi connectivity index (χ2n) is 6.66. The van der Waals surface area contributed by atoms with Gasteiger partial charge in [-0.3, -0.25) is 9.78 Å². The highest BCUT2D eigenvalue weighted by atomic mass is 16.5. The first-order chi connectivity index (χ1) is 11.7. The summed E-state index contributed by atoms with van der Waals surface area (Å²) in [6, 6.07) is 8.39. The molecule has 3 heterocycles. The standard InChI is InChI=1S/C19H23N3O2/c1-3-14-12(2)19(13-6-4-5-7-15(13)20-14)22-9-8-17-16(10-22)21-18(23)11-24-17/h4-7,16-17H,3,8-11H2,1-2H3,(H,21,23)/t16-,17-/m1/s1. The maximum absolute atomic E-state index is 11.7. The first-order valence-electron chi connectivity index (χ1n) is 8.71. The van der Waals surface area contributed by atoms with Crippen LogP contribution in [0.25, 0.3) is 10.9 Å². The summed E-state index contributed by atoms with van der Waals surface area (Å²) in [5.41, 5.74) is 4.70. The highest BCUT2D eigenvalue weighted by molar-refractivity contribution is 5.94. The summed E-state index contributed by atoms with van der Waals surface area (Å²) in [4.78, 5) is 18.9. The van der Waals surface area contributed by atoms with Crippen LogP contribution in [0.3, 0.4) is 0 Å². The van der Waals surface area contributed by atoms with Crippen LogP contribution in [0.2, 0.25) is 0 Å². The van der Waals surface area contributed by atoms with Crippen LogP contribution in [-0.4, -0.2) is 42.7 Å². The number of carbonyl (C=O) groups excluding carboxylic acids is 1. The van der Waals surface area contributed by atoms with Crippen LogP contribution in [-0.2, 0) is 16.0 Å². The lowest BCUT2D eigenvalue weighted by molar-refractivity contribution is -0.137. The quantitative estimate of drug-likeness (QED) is 0.920. The van der Waals surface area contributed by atoms with Crippen molar-refractivity contribution in [1.29, 1.82) is 0 Å². The van der Waals surface area contributed by atoms with Crippen molar-refractivity contribution in [2.45, 2.75) is 38.8 Å². The summed E-state index contributed by atoms with van der Waals surface area (Å²) < 4.78 is 5.69. The molecule has 0 bridgehead atoms. The lowest BCUT2D eigenvalue weighted by Gasteiger charge is -2.42. The average Bonchev–Trinajstić information content (AvgIpc) is 2.60. The Kier molecular flexibility index (Phi) is 3.88. The van der Waals surface area contributed by atoms with Gasteiger partial charge in [0.2, 0.25) is 5.91 Å². The number of rotatable bonds is 2. The predicted molar refractivity (Wildman–Crippen MR) is 94.4 cm³/mol. The normalized spacial score (nSPS) is 23.9. The molecule has 0 aliphatic carbocycles. The number of hydrogen-bond donors (Lipinski definition) is 1. The molecule has 5 nitrogen and oxygen atoms in total. The van der Waals surface area contributed by atoms with E-state index in [-0.39, 0.29) is 24.7 Å². The van der Waals surface area contributed by atoms with Crippen LogP contribution in [0.5, 0.6) is 0 Å². The third-order valence-electron chi connectivity index (χ3n) is 5.18. The van der Waals surface area contributed by atoms with Crippen molar-refractivity contribution >= 4 is 22.5 Å². The van der Waals surface area contributed by atoms with Crippen LogP contribution in [0.15, 0.2) is 24.3 Å². The number of aromatic nitrogens is 1. The second kappa shape index (κ2) is 6.06. The summed E-state index contributed by atoms with van der Waals surface area (Å²) in [5.74, 6) is -0.0105.